The molecule has 1 unspecified atom stereocenters. The largest absolute Gasteiger partial charge is 0.474 e. The van der Waals surface area contributed by atoms with Gasteiger partial charge in [0.2, 0.25) is 0 Å². The van der Waals surface area contributed by atoms with Gasteiger partial charge in [0.25, 0.3) is 0 Å². The van der Waals surface area contributed by atoms with Gasteiger partial charge in [0.15, 0.2) is 0 Å². The molecule has 0 aliphatic carbocycles. The third-order valence-corrected chi connectivity index (χ3v) is 4.41. The zero-order valence-electron chi connectivity index (χ0n) is 8.83. The Bertz CT molecular complexity index is 482. The van der Waals surface area contributed by atoms with Crippen LogP contribution in [0.4, 0.5) is 13.2 Å². The first-order valence-corrected chi connectivity index (χ1v) is 6.45. The van der Waals surface area contributed by atoms with E-state index in [-0.39, 0.29) is 0 Å². The minimum absolute atomic E-state index is 0.527. The van der Waals surface area contributed by atoms with Crippen molar-refractivity contribution >= 4 is 16.6 Å². The molecule has 0 N–H and O–H groups in total. The van der Waals surface area contributed by atoms with Crippen molar-refractivity contribution in [3.8, 4) is 0 Å². The summed E-state index contributed by atoms with van der Waals surface area (Å²) in [5.74, 6) is -1.45. The SMILES string of the molecule is O=C(N=S1CCCc2ccccc21)C(F)(F)F. The molecular formula is C11H10F3NOS. The molecule has 92 valence electrons. The van der Waals surface area contributed by atoms with E-state index in [1.54, 1.807) is 12.1 Å². The number of rotatable bonds is 0. The number of alkyl halides is 3. The molecule has 0 radical (unpaired) electrons. The van der Waals surface area contributed by atoms with Crippen LogP contribution >= 0.6 is 0 Å². The van der Waals surface area contributed by atoms with Crippen molar-refractivity contribution in [2.45, 2.75) is 23.9 Å². The van der Waals surface area contributed by atoms with Crippen molar-refractivity contribution in [2.24, 2.45) is 4.36 Å². The number of carbonyl (C=O) groups excluding carboxylic acids is 1. The van der Waals surface area contributed by atoms with E-state index < -0.39 is 22.8 Å². The zero-order chi connectivity index (χ0) is 12.5. The lowest BCUT2D eigenvalue weighted by molar-refractivity contribution is -0.169. The van der Waals surface area contributed by atoms with Crippen LogP contribution in [0, 0.1) is 0 Å². The average molecular weight is 261 g/mol. The predicted octanol–water partition coefficient (Wildman–Crippen LogP) is 2.88. The fourth-order valence-corrected chi connectivity index (χ4v) is 3.54. The maximum Gasteiger partial charge on any atom is 0.474 e. The molecule has 0 fully saturated rings. The number of benzene rings is 1. The highest BCUT2D eigenvalue weighted by Gasteiger charge is 2.39. The quantitative estimate of drug-likeness (QED) is 0.706. The highest BCUT2D eigenvalue weighted by atomic mass is 32.2. The molecule has 1 aromatic rings. The highest BCUT2D eigenvalue weighted by molar-refractivity contribution is 7.87. The summed E-state index contributed by atoms with van der Waals surface area (Å²) in [7, 11) is -0.941. The van der Waals surface area contributed by atoms with Crippen LogP contribution in [-0.4, -0.2) is 17.8 Å². The van der Waals surface area contributed by atoms with Gasteiger partial charge in [-0.2, -0.15) is 17.5 Å². The second-order valence-corrected chi connectivity index (χ2v) is 5.43. The van der Waals surface area contributed by atoms with Crippen LogP contribution < -0.4 is 0 Å². The Labute approximate surface area is 98.9 Å². The lowest BCUT2D eigenvalue weighted by atomic mass is 10.1. The van der Waals surface area contributed by atoms with Gasteiger partial charge in [-0.1, -0.05) is 28.9 Å². The van der Waals surface area contributed by atoms with Crippen LogP contribution in [0.15, 0.2) is 33.5 Å². The molecule has 1 aliphatic rings. The van der Waals surface area contributed by atoms with Crippen molar-refractivity contribution in [1.29, 1.82) is 0 Å². The van der Waals surface area contributed by atoms with Crippen molar-refractivity contribution < 1.29 is 18.0 Å². The van der Waals surface area contributed by atoms with Gasteiger partial charge in [-0.25, -0.2) is 0 Å². The third kappa shape index (κ3) is 2.74. The maximum absolute atomic E-state index is 12.1. The molecule has 0 spiro atoms. The molecule has 1 heterocycles. The van der Waals surface area contributed by atoms with Gasteiger partial charge < -0.3 is 0 Å². The number of hydrogen-bond acceptors (Lipinski definition) is 1. The summed E-state index contributed by atoms with van der Waals surface area (Å²) < 4.78 is 39.7. The molecule has 17 heavy (non-hydrogen) atoms. The molecule has 0 aromatic heterocycles. The van der Waals surface area contributed by atoms with Crippen LogP contribution in [0.1, 0.15) is 12.0 Å². The summed E-state index contributed by atoms with van der Waals surface area (Å²) >= 11 is 0. The van der Waals surface area contributed by atoms with Gasteiger partial charge in [-0.3, -0.25) is 4.79 Å². The summed E-state index contributed by atoms with van der Waals surface area (Å²) in [4.78, 5) is 11.6. The Kier molecular flexibility index (Phi) is 3.33. The molecule has 1 aliphatic heterocycles. The Balaban J connectivity index is 2.36. The van der Waals surface area contributed by atoms with E-state index in [0.717, 1.165) is 23.3 Å². The number of hydrogen-bond donors (Lipinski definition) is 0. The van der Waals surface area contributed by atoms with Gasteiger partial charge in [0, 0.05) is 10.6 Å². The van der Waals surface area contributed by atoms with Gasteiger partial charge in [0.05, 0.1) is 0 Å². The number of amides is 1. The molecule has 0 saturated heterocycles. The average Bonchev–Trinajstić information content (AvgIpc) is 2.28. The van der Waals surface area contributed by atoms with Crippen molar-refractivity contribution in [3.05, 3.63) is 29.8 Å². The van der Waals surface area contributed by atoms with E-state index >= 15 is 0 Å². The zero-order valence-corrected chi connectivity index (χ0v) is 9.64. The van der Waals surface area contributed by atoms with Crippen LogP contribution in [0.25, 0.3) is 0 Å². The minimum atomic E-state index is -4.86. The van der Waals surface area contributed by atoms with Crippen LogP contribution in [0.3, 0.4) is 0 Å². The molecule has 6 heteroatoms. The number of aryl methyl sites for hydroxylation is 1. The normalized spacial score (nSPS) is 20.1. The summed E-state index contributed by atoms with van der Waals surface area (Å²) in [5.41, 5.74) is 1.00. The van der Waals surface area contributed by atoms with Crippen molar-refractivity contribution in [1.82, 2.24) is 0 Å². The third-order valence-electron chi connectivity index (χ3n) is 2.45. The van der Waals surface area contributed by atoms with E-state index in [0.29, 0.717) is 5.75 Å². The van der Waals surface area contributed by atoms with Gasteiger partial charge in [-0.15, -0.1) is 0 Å². The molecular weight excluding hydrogens is 251 g/mol. The second-order valence-electron chi connectivity index (χ2n) is 3.67. The lowest BCUT2D eigenvalue weighted by Gasteiger charge is -2.18. The fourth-order valence-electron chi connectivity index (χ4n) is 1.70. The Hall–Kier alpha value is -1.17. The number of carbonyl (C=O) groups is 1. The smallest absolute Gasteiger partial charge is 0.261 e. The molecule has 1 aromatic carbocycles. The van der Waals surface area contributed by atoms with Gasteiger partial charge >= 0.3 is 12.1 Å². The molecule has 0 bridgehead atoms. The molecule has 2 rings (SSSR count). The summed E-state index contributed by atoms with van der Waals surface area (Å²) in [6, 6.07) is 7.24. The summed E-state index contributed by atoms with van der Waals surface area (Å²) in [5, 5.41) is 0. The number of halogens is 3. The van der Waals surface area contributed by atoms with E-state index in [1.165, 1.54) is 0 Å². The van der Waals surface area contributed by atoms with Crippen LogP contribution in [-0.2, 0) is 21.9 Å². The van der Waals surface area contributed by atoms with E-state index in [1.807, 2.05) is 12.1 Å². The first-order valence-electron chi connectivity index (χ1n) is 5.10. The topological polar surface area (TPSA) is 29.4 Å². The van der Waals surface area contributed by atoms with Crippen molar-refractivity contribution in [2.75, 3.05) is 5.75 Å². The molecule has 2 nitrogen and oxygen atoms in total. The van der Waals surface area contributed by atoms with Crippen LogP contribution in [0.5, 0.6) is 0 Å². The maximum atomic E-state index is 12.1. The molecule has 0 saturated carbocycles. The molecule has 1 atom stereocenters. The first-order chi connectivity index (χ1) is 7.98. The number of nitrogens with zero attached hydrogens (tertiary/aromatic N) is 1. The lowest BCUT2D eigenvalue weighted by Crippen LogP contribution is -2.22. The molecule has 1 amide bonds. The van der Waals surface area contributed by atoms with E-state index in [9.17, 15) is 18.0 Å². The highest BCUT2D eigenvalue weighted by Crippen LogP contribution is 2.25. The second kappa shape index (κ2) is 4.60. The Morgan fingerprint density at radius 2 is 2.00 bits per heavy atom. The number of fused-ring (bicyclic) bond motifs is 1. The van der Waals surface area contributed by atoms with E-state index in [2.05, 4.69) is 4.36 Å². The summed E-state index contributed by atoms with van der Waals surface area (Å²) in [6.07, 6.45) is -3.25. The minimum Gasteiger partial charge on any atom is -0.261 e. The first kappa shape index (κ1) is 12.3. The monoisotopic (exact) mass is 261 g/mol. The Morgan fingerprint density at radius 3 is 2.71 bits per heavy atom. The van der Waals surface area contributed by atoms with Gasteiger partial charge in [-0.05, 0) is 24.5 Å². The fraction of sp³-hybridized carbons (Fsp3) is 0.364. The van der Waals surface area contributed by atoms with Crippen LogP contribution in [0.2, 0.25) is 0 Å². The predicted molar refractivity (Wildman–Crippen MR) is 58.8 cm³/mol. The van der Waals surface area contributed by atoms with Crippen molar-refractivity contribution in [3.63, 3.8) is 0 Å². The summed E-state index contributed by atoms with van der Waals surface area (Å²) in [6.45, 7) is 0. The van der Waals surface area contributed by atoms with E-state index in [4.69, 9.17) is 0 Å². The standard InChI is InChI=1S/C11H10F3NOS/c12-11(13,14)10(16)15-17-7-3-5-8-4-1-2-6-9(8)17/h1-2,4,6H,3,5,7H2. The van der Waals surface area contributed by atoms with Gasteiger partial charge in [0.1, 0.15) is 0 Å². The Morgan fingerprint density at radius 1 is 1.29 bits per heavy atom.